The number of carbonyl (C=O) groups excluding carboxylic acids is 1. The van der Waals surface area contributed by atoms with Gasteiger partial charge in [0.15, 0.2) is 5.78 Å². The monoisotopic (exact) mass is 163 g/mol. The van der Waals surface area contributed by atoms with Crippen LogP contribution in [-0.2, 0) is 4.79 Å². The first-order chi connectivity index (χ1) is 4.54. The number of nitrogens with one attached hydrogen (secondary N) is 1. The first kappa shape index (κ1) is 9.92. The van der Waals surface area contributed by atoms with Crippen molar-refractivity contribution >= 4 is 17.4 Å². The average Bonchev–Trinajstić information content (AvgIpc) is 1.86. The Hall–Kier alpha value is -0.0800. The van der Waals surface area contributed by atoms with Gasteiger partial charge in [-0.1, -0.05) is 6.92 Å². The van der Waals surface area contributed by atoms with Crippen LogP contribution in [0.5, 0.6) is 0 Å². The lowest BCUT2D eigenvalue weighted by molar-refractivity contribution is -0.121. The summed E-state index contributed by atoms with van der Waals surface area (Å²) in [5.41, 5.74) is -0.462. The van der Waals surface area contributed by atoms with Crippen LogP contribution in [0.3, 0.4) is 0 Å². The first-order valence-corrected chi connectivity index (χ1v) is 3.92. The molecule has 0 atom stereocenters. The van der Waals surface area contributed by atoms with Crippen LogP contribution in [0.1, 0.15) is 20.8 Å². The minimum absolute atomic E-state index is 0.0380. The van der Waals surface area contributed by atoms with Gasteiger partial charge in [-0.25, -0.2) is 0 Å². The van der Waals surface area contributed by atoms with Gasteiger partial charge < -0.3 is 5.32 Å². The number of hydrogen-bond acceptors (Lipinski definition) is 2. The molecule has 0 aliphatic heterocycles. The molecule has 0 aliphatic rings. The Kier molecular flexibility index (Phi) is 3.91. The highest BCUT2D eigenvalue weighted by Crippen LogP contribution is 2.04. The smallest absolute Gasteiger partial charge is 0.166 e. The number of Topliss-reactive ketones (excluding diaryl/α,β-unsaturated/α-hetero) is 1. The second-order valence-electron chi connectivity index (χ2n) is 2.71. The fraction of sp³-hybridized carbons (Fsp3) is 0.857. The van der Waals surface area contributed by atoms with E-state index in [0.29, 0.717) is 0 Å². The molecule has 0 heterocycles. The van der Waals surface area contributed by atoms with Crippen molar-refractivity contribution in [1.82, 2.24) is 5.32 Å². The minimum Gasteiger partial charge on any atom is -0.306 e. The molecule has 0 radical (unpaired) electrons. The van der Waals surface area contributed by atoms with Crippen molar-refractivity contribution in [2.24, 2.45) is 0 Å². The Morgan fingerprint density at radius 2 is 2.10 bits per heavy atom. The number of hydrogen-bond donors (Lipinski definition) is 1. The van der Waals surface area contributed by atoms with E-state index in [2.05, 4.69) is 5.32 Å². The quantitative estimate of drug-likeness (QED) is 0.631. The number of carbonyl (C=O) groups is 1. The normalized spacial score (nSPS) is 11.6. The van der Waals surface area contributed by atoms with Crippen LogP contribution in [0.25, 0.3) is 0 Å². The zero-order valence-electron chi connectivity index (χ0n) is 6.70. The van der Waals surface area contributed by atoms with E-state index in [9.17, 15) is 4.79 Å². The molecule has 0 aromatic rings. The second kappa shape index (κ2) is 3.94. The molecule has 0 aliphatic carbocycles. The van der Waals surface area contributed by atoms with Gasteiger partial charge in [0.05, 0.1) is 11.4 Å². The van der Waals surface area contributed by atoms with Crippen molar-refractivity contribution in [3.63, 3.8) is 0 Å². The summed E-state index contributed by atoms with van der Waals surface area (Å²) < 4.78 is 0. The molecule has 2 nitrogen and oxygen atoms in total. The molecule has 0 aromatic carbocycles. The highest BCUT2D eigenvalue weighted by Gasteiger charge is 2.24. The van der Waals surface area contributed by atoms with Crippen molar-refractivity contribution in [2.75, 3.05) is 12.4 Å². The predicted octanol–water partition coefficient (Wildman–Crippen LogP) is 1.18. The molecule has 3 heteroatoms. The largest absolute Gasteiger partial charge is 0.306 e. The molecular formula is C7H14ClNO. The predicted molar refractivity (Wildman–Crippen MR) is 43.5 cm³/mol. The molecular weight excluding hydrogens is 150 g/mol. The van der Waals surface area contributed by atoms with E-state index in [-0.39, 0.29) is 11.7 Å². The topological polar surface area (TPSA) is 29.1 Å². The van der Waals surface area contributed by atoms with Gasteiger partial charge in [-0.15, -0.1) is 11.6 Å². The van der Waals surface area contributed by atoms with E-state index >= 15 is 0 Å². The summed E-state index contributed by atoms with van der Waals surface area (Å²) in [6, 6.07) is 0. The van der Waals surface area contributed by atoms with Crippen molar-refractivity contribution in [3.05, 3.63) is 0 Å². The lowest BCUT2D eigenvalue weighted by atomic mass is 10.0. The Bertz CT molecular complexity index is 123. The summed E-state index contributed by atoms with van der Waals surface area (Å²) in [6.45, 7) is 6.42. The Labute approximate surface area is 66.9 Å². The van der Waals surface area contributed by atoms with Gasteiger partial charge in [0.25, 0.3) is 0 Å². The molecule has 0 unspecified atom stereocenters. The number of halogens is 1. The number of rotatable bonds is 4. The zero-order chi connectivity index (χ0) is 8.20. The SMILES string of the molecule is CCNC(C)(C)C(=O)CCl. The molecule has 0 spiro atoms. The lowest BCUT2D eigenvalue weighted by Crippen LogP contribution is -2.47. The summed E-state index contributed by atoms with van der Waals surface area (Å²) in [5, 5.41) is 3.04. The van der Waals surface area contributed by atoms with E-state index in [1.807, 2.05) is 20.8 Å². The molecule has 0 bridgehead atoms. The van der Waals surface area contributed by atoms with E-state index in [0.717, 1.165) is 6.54 Å². The maximum Gasteiger partial charge on any atom is 0.166 e. The minimum atomic E-state index is -0.462. The van der Waals surface area contributed by atoms with Gasteiger partial charge in [0, 0.05) is 0 Å². The summed E-state index contributed by atoms with van der Waals surface area (Å²) in [4.78, 5) is 11.0. The van der Waals surface area contributed by atoms with Crippen LogP contribution in [0.2, 0.25) is 0 Å². The van der Waals surface area contributed by atoms with Crippen LogP contribution in [0, 0.1) is 0 Å². The van der Waals surface area contributed by atoms with E-state index < -0.39 is 5.54 Å². The number of likely N-dealkylation sites (N-methyl/N-ethyl adjacent to an activating group) is 1. The number of ketones is 1. The number of alkyl halides is 1. The van der Waals surface area contributed by atoms with Gasteiger partial charge in [-0.3, -0.25) is 4.79 Å². The van der Waals surface area contributed by atoms with Gasteiger partial charge in [0.2, 0.25) is 0 Å². The third kappa shape index (κ3) is 2.67. The van der Waals surface area contributed by atoms with Gasteiger partial charge in [-0.05, 0) is 20.4 Å². The van der Waals surface area contributed by atoms with Crippen molar-refractivity contribution in [2.45, 2.75) is 26.3 Å². The van der Waals surface area contributed by atoms with Gasteiger partial charge in [-0.2, -0.15) is 0 Å². The maximum absolute atomic E-state index is 11.0. The van der Waals surface area contributed by atoms with Gasteiger partial charge >= 0.3 is 0 Å². The average molecular weight is 164 g/mol. The second-order valence-corrected chi connectivity index (χ2v) is 2.98. The zero-order valence-corrected chi connectivity index (χ0v) is 7.46. The molecule has 0 amide bonds. The fourth-order valence-electron chi connectivity index (χ4n) is 0.708. The van der Waals surface area contributed by atoms with Crippen molar-refractivity contribution < 1.29 is 4.79 Å². The van der Waals surface area contributed by atoms with Crippen LogP contribution < -0.4 is 5.32 Å². The van der Waals surface area contributed by atoms with E-state index in [1.54, 1.807) is 0 Å². The lowest BCUT2D eigenvalue weighted by Gasteiger charge is -2.22. The molecule has 0 aromatic heterocycles. The fourth-order valence-corrected chi connectivity index (χ4v) is 1.04. The third-order valence-corrected chi connectivity index (χ3v) is 1.68. The van der Waals surface area contributed by atoms with Crippen molar-refractivity contribution in [1.29, 1.82) is 0 Å². The van der Waals surface area contributed by atoms with E-state index in [4.69, 9.17) is 11.6 Å². The molecule has 0 saturated carbocycles. The molecule has 0 rings (SSSR count). The van der Waals surface area contributed by atoms with Crippen LogP contribution in [-0.4, -0.2) is 23.7 Å². The Balaban J connectivity index is 3.96. The molecule has 1 N–H and O–H groups in total. The van der Waals surface area contributed by atoms with Crippen LogP contribution in [0.4, 0.5) is 0 Å². The summed E-state index contributed by atoms with van der Waals surface area (Å²) in [5.74, 6) is 0.121. The summed E-state index contributed by atoms with van der Waals surface area (Å²) in [7, 11) is 0. The van der Waals surface area contributed by atoms with Crippen LogP contribution >= 0.6 is 11.6 Å². The Morgan fingerprint density at radius 1 is 1.60 bits per heavy atom. The van der Waals surface area contributed by atoms with Gasteiger partial charge in [0.1, 0.15) is 0 Å². The summed E-state index contributed by atoms with van der Waals surface area (Å²) >= 11 is 5.38. The van der Waals surface area contributed by atoms with Crippen LogP contribution in [0.15, 0.2) is 0 Å². The molecule has 0 saturated heterocycles. The Morgan fingerprint density at radius 3 is 2.40 bits per heavy atom. The maximum atomic E-state index is 11.0. The van der Waals surface area contributed by atoms with Crippen molar-refractivity contribution in [3.8, 4) is 0 Å². The highest BCUT2D eigenvalue weighted by atomic mass is 35.5. The molecule has 0 fully saturated rings. The first-order valence-electron chi connectivity index (χ1n) is 3.39. The van der Waals surface area contributed by atoms with E-state index in [1.165, 1.54) is 0 Å². The standard InChI is InChI=1S/C7H14ClNO/c1-4-9-7(2,3)6(10)5-8/h9H,4-5H2,1-3H3. The summed E-state index contributed by atoms with van der Waals surface area (Å²) in [6.07, 6.45) is 0. The molecule has 60 valence electrons. The highest BCUT2D eigenvalue weighted by molar-refractivity contribution is 6.28. The third-order valence-electron chi connectivity index (χ3n) is 1.44. The molecule has 10 heavy (non-hydrogen) atoms.